The van der Waals surface area contributed by atoms with Crippen LogP contribution in [0.4, 0.5) is 13.2 Å². The van der Waals surface area contributed by atoms with Crippen LogP contribution in [-0.2, 0) is 6.54 Å². The van der Waals surface area contributed by atoms with Gasteiger partial charge in [-0.1, -0.05) is 11.6 Å². The fourth-order valence-corrected chi connectivity index (χ4v) is 2.78. The van der Waals surface area contributed by atoms with Crippen LogP contribution in [0.2, 0.25) is 5.02 Å². The number of piperidine rings is 1. The number of nitrogens with zero attached hydrogens (tertiary/aromatic N) is 1. The number of methoxy groups -OCH3 is 1. The summed E-state index contributed by atoms with van der Waals surface area (Å²) in [5.74, 6) is -1.06. The normalized spacial score (nSPS) is 18.0. The highest BCUT2D eigenvalue weighted by molar-refractivity contribution is 6.32. The average molecular weight is 324 g/mol. The molecule has 1 N–H and O–H groups in total. The molecule has 0 bridgehead atoms. The van der Waals surface area contributed by atoms with E-state index in [0.717, 1.165) is 5.56 Å². The van der Waals surface area contributed by atoms with E-state index >= 15 is 0 Å². The Balaban J connectivity index is 1.99. The highest BCUT2D eigenvalue weighted by Gasteiger charge is 2.40. The number of phenolic OH excluding ortho intramolecular Hbond substituents is 1. The second kappa shape index (κ2) is 6.32. The van der Waals surface area contributed by atoms with E-state index in [-0.39, 0.29) is 29.4 Å². The second-order valence-electron chi connectivity index (χ2n) is 5.22. The van der Waals surface area contributed by atoms with Gasteiger partial charge in [0.2, 0.25) is 0 Å². The van der Waals surface area contributed by atoms with Crippen molar-refractivity contribution in [2.45, 2.75) is 25.6 Å². The zero-order valence-corrected chi connectivity index (χ0v) is 12.3. The Hall–Kier alpha value is -1.14. The van der Waals surface area contributed by atoms with Crippen LogP contribution in [0.15, 0.2) is 12.1 Å². The topological polar surface area (TPSA) is 32.7 Å². The molecule has 0 aromatic heterocycles. The molecule has 3 nitrogen and oxygen atoms in total. The van der Waals surface area contributed by atoms with Crippen molar-refractivity contribution < 1.29 is 23.0 Å². The van der Waals surface area contributed by atoms with Crippen molar-refractivity contribution in [2.24, 2.45) is 5.92 Å². The number of hydrogen-bond donors (Lipinski definition) is 1. The van der Waals surface area contributed by atoms with Gasteiger partial charge >= 0.3 is 6.18 Å². The summed E-state index contributed by atoms with van der Waals surface area (Å²) < 4.78 is 42.8. The lowest BCUT2D eigenvalue weighted by molar-refractivity contribution is -0.185. The van der Waals surface area contributed by atoms with Gasteiger partial charge in [0.1, 0.15) is 0 Å². The lowest BCUT2D eigenvalue weighted by Crippen LogP contribution is -2.38. The van der Waals surface area contributed by atoms with Gasteiger partial charge in [-0.05, 0) is 43.6 Å². The summed E-state index contributed by atoms with van der Waals surface area (Å²) in [6.45, 7) is 1.27. The molecule has 0 unspecified atom stereocenters. The number of ether oxygens (including phenoxy) is 1. The standard InChI is InChI=1S/C14H17ClF3NO2/c1-21-12-7-9(6-11(15)13(12)20)8-19-4-2-10(3-5-19)14(16,17)18/h6-7,10,20H,2-5,8H2,1H3. The summed E-state index contributed by atoms with van der Waals surface area (Å²) in [6, 6.07) is 3.26. The maximum atomic E-state index is 12.6. The van der Waals surface area contributed by atoms with Gasteiger partial charge in [-0.25, -0.2) is 0 Å². The molecule has 0 atom stereocenters. The number of likely N-dealkylation sites (tertiary alicyclic amines) is 1. The highest BCUT2D eigenvalue weighted by atomic mass is 35.5. The van der Waals surface area contributed by atoms with Crippen LogP contribution in [0.1, 0.15) is 18.4 Å². The molecule has 1 aliphatic rings. The second-order valence-corrected chi connectivity index (χ2v) is 5.63. The van der Waals surface area contributed by atoms with Gasteiger partial charge in [0.15, 0.2) is 11.5 Å². The van der Waals surface area contributed by atoms with Gasteiger partial charge in [-0.2, -0.15) is 13.2 Å². The zero-order valence-electron chi connectivity index (χ0n) is 11.6. The molecular formula is C14H17ClF3NO2. The van der Waals surface area contributed by atoms with E-state index in [2.05, 4.69) is 0 Å². The van der Waals surface area contributed by atoms with Crippen LogP contribution in [0.5, 0.6) is 11.5 Å². The molecular weight excluding hydrogens is 307 g/mol. The SMILES string of the molecule is COc1cc(CN2CCC(C(F)(F)F)CC2)cc(Cl)c1O. The van der Waals surface area contributed by atoms with Gasteiger partial charge in [0.05, 0.1) is 18.1 Å². The minimum absolute atomic E-state index is 0.118. The molecule has 0 aliphatic carbocycles. The van der Waals surface area contributed by atoms with Crippen molar-refractivity contribution in [2.75, 3.05) is 20.2 Å². The van der Waals surface area contributed by atoms with E-state index in [4.69, 9.17) is 16.3 Å². The fourth-order valence-electron chi connectivity index (χ4n) is 2.55. The largest absolute Gasteiger partial charge is 0.503 e. The van der Waals surface area contributed by atoms with E-state index in [1.807, 2.05) is 4.90 Å². The zero-order chi connectivity index (χ0) is 15.6. The molecule has 0 spiro atoms. The van der Waals surface area contributed by atoms with Gasteiger partial charge in [-0.15, -0.1) is 0 Å². The molecule has 1 aliphatic heterocycles. The third kappa shape index (κ3) is 3.95. The summed E-state index contributed by atoms with van der Waals surface area (Å²) in [4.78, 5) is 1.95. The smallest absolute Gasteiger partial charge is 0.391 e. The summed E-state index contributed by atoms with van der Waals surface area (Å²) in [6.07, 6.45) is -3.87. The van der Waals surface area contributed by atoms with Gasteiger partial charge < -0.3 is 9.84 Å². The van der Waals surface area contributed by atoms with Crippen LogP contribution < -0.4 is 4.74 Å². The molecule has 0 saturated carbocycles. The number of alkyl halides is 3. The van der Waals surface area contributed by atoms with E-state index in [1.54, 1.807) is 12.1 Å². The average Bonchev–Trinajstić information content (AvgIpc) is 2.42. The molecule has 1 fully saturated rings. The lowest BCUT2D eigenvalue weighted by atomic mass is 9.96. The van der Waals surface area contributed by atoms with Crippen LogP contribution >= 0.6 is 11.6 Å². The predicted molar refractivity (Wildman–Crippen MR) is 73.7 cm³/mol. The number of benzene rings is 1. The van der Waals surface area contributed by atoms with Crippen LogP contribution in [-0.4, -0.2) is 36.4 Å². The quantitative estimate of drug-likeness (QED) is 0.917. The van der Waals surface area contributed by atoms with E-state index < -0.39 is 12.1 Å². The first-order valence-corrected chi connectivity index (χ1v) is 7.03. The maximum absolute atomic E-state index is 12.6. The third-order valence-electron chi connectivity index (χ3n) is 3.76. The van der Waals surface area contributed by atoms with Crippen molar-refractivity contribution in [3.63, 3.8) is 0 Å². The van der Waals surface area contributed by atoms with Crippen molar-refractivity contribution in [3.8, 4) is 11.5 Å². The Morgan fingerprint density at radius 2 is 1.95 bits per heavy atom. The van der Waals surface area contributed by atoms with E-state index in [1.165, 1.54) is 7.11 Å². The minimum Gasteiger partial charge on any atom is -0.503 e. The first kappa shape index (κ1) is 16.2. The number of rotatable bonds is 3. The summed E-state index contributed by atoms with van der Waals surface area (Å²) in [7, 11) is 1.42. The summed E-state index contributed by atoms with van der Waals surface area (Å²) >= 11 is 5.90. The molecule has 1 aromatic rings. The molecule has 0 amide bonds. The summed E-state index contributed by atoms with van der Waals surface area (Å²) in [5.41, 5.74) is 0.806. The van der Waals surface area contributed by atoms with E-state index in [9.17, 15) is 18.3 Å². The molecule has 118 valence electrons. The monoisotopic (exact) mass is 323 g/mol. The Morgan fingerprint density at radius 3 is 2.48 bits per heavy atom. The molecule has 1 saturated heterocycles. The highest BCUT2D eigenvalue weighted by Crippen LogP contribution is 2.37. The van der Waals surface area contributed by atoms with Gasteiger partial charge in [-0.3, -0.25) is 4.90 Å². The minimum atomic E-state index is -4.10. The molecule has 0 radical (unpaired) electrons. The first-order chi connectivity index (χ1) is 9.81. The van der Waals surface area contributed by atoms with Crippen molar-refractivity contribution in [1.29, 1.82) is 0 Å². The van der Waals surface area contributed by atoms with Crippen molar-refractivity contribution >= 4 is 11.6 Å². The number of hydrogen-bond acceptors (Lipinski definition) is 3. The van der Waals surface area contributed by atoms with Gasteiger partial charge in [0.25, 0.3) is 0 Å². The lowest BCUT2D eigenvalue weighted by Gasteiger charge is -2.32. The Morgan fingerprint density at radius 1 is 1.33 bits per heavy atom. The maximum Gasteiger partial charge on any atom is 0.391 e. The van der Waals surface area contributed by atoms with Crippen molar-refractivity contribution in [1.82, 2.24) is 4.90 Å². The number of aromatic hydroxyl groups is 1. The molecule has 1 heterocycles. The molecule has 1 aromatic carbocycles. The van der Waals surface area contributed by atoms with E-state index in [0.29, 0.717) is 19.6 Å². The molecule has 21 heavy (non-hydrogen) atoms. The Kier molecular flexibility index (Phi) is 4.88. The number of halogens is 4. The Labute approximate surface area is 126 Å². The van der Waals surface area contributed by atoms with Crippen LogP contribution in [0, 0.1) is 5.92 Å². The summed E-state index contributed by atoms with van der Waals surface area (Å²) in [5, 5.41) is 9.83. The van der Waals surface area contributed by atoms with Gasteiger partial charge in [0, 0.05) is 6.54 Å². The predicted octanol–water partition coefficient (Wildman–Crippen LogP) is 3.83. The number of phenols is 1. The van der Waals surface area contributed by atoms with Crippen LogP contribution in [0.25, 0.3) is 0 Å². The molecule has 2 rings (SSSR count). The van der Waals surface area contributed by atoms with Crippen molar-refractivity contribution in [3.05, 3.63) is 22.7 Å². The third-order valence-corrected chi connectivity index (χ3v) is 4.05. The Bertz CT molecular complexity index is 500. The molecule has 7 heteroatoms. The van der Waals surface area contributed by atoms with Crippen LogP contribution in [0.3, 0.4) is 0 Å². The first-order valence-electron chi connectivity index (χ1n) is 6.65. The fraction of sp³-hybridized carbons (Fsp3) is 0.571.